The van der Waals surface area contributed by atoms with Gasteiger partial charge in [-0.1, -0.05) is 133 Å². The van der Waals surface area contributed by atoms with Gasteiger partial charge in [0.1, 0.15) is 0 Å². The molecular formula is C46H32. The minimum Gasteiger partial charge on any atom is -0.0616 e. The van der Waals surface area contributed by atoms with E-state index in [2.05, 4.69) is 146 Å². The lowest BCUT2D eigenvalue weighted by Gasteiger charge is -2.22. The lowest BCUT2D eigenvalue weighted by Crippen LogP contribution is -2.09. The van der Waals surface area contributed by atoms with E-state index in [1.807, 2.05) is 0 Å². The summed E-state index contributed by atoms with van der Waals surface area (Å²) < 4.78 is 0. The molecule has 0 aliphatic heterocycles. The Morgan fingerprint density at radius 2 is 0.630 bits per heavy atom. The third kappa shape index (κ3) is 3.87. The summed E-state index contributed by atoms with van der Waals surface area (Å²) in [5.74, 6) is 0. The Kier molecular flexibility index (Phi) is 5.63. The smallest absolute Gasteiger partial charge is 0.00923 e. The van der Waals surface area contributed by atoms with Crippen molar-refractivity contribution in [1.82, 2.24) is 0 Å². The van der Waals surface area contributed by atoms with E-state index < -0.39 is 0 Å². The molecule has 0 fully saturated rings. The molecule has 0 heterocycles. The zero-order chi connectivity index (χ0) is 30.2. The van der Waals surface area contributed by atoms with Crippen molar-refractivity contribution in [3.8, 4) is 44.5 Å². The van der Waals surface area contributed by atoms with E-state index in [0.29, 0.717) is 0 Å². The minimum atomic E-state index is 1.19. The standard InChI is InChI=1S/C46H32/c1-3-11-41-39(9-1)43(33-19-15-31(16-20-33)35-13-5-7-29-23-25-37(29)35)27-46-42-12-4-2-10-40(42)44(28-45(41)46)34-21-17-32(18-22-34)36-14-6-8-30-24-26-38(30)36/h1-22,27-28H,23-26H2. The van der Waals surface area contributed by atoms with Crippen molar-refractivity contribution in [2.75, 3.05) is 0 Å². The molecule has 0 aromatic heterocycles. The van der Waals surface area contributed by atoms with Crippen LogP contribution in [0.4, 0.5) is 0 Å². The fourth-order valence-corrected chi connectivity index (χ4v) is 8.12. The van der Waals surface area contributed by atoms with Crippen LogP contribution < -0.4 is 0 Å². The molecule has 8 aromatic rings. The van der Waals surface area contributed by atoms with Crippen LogP contribution in [0.15, 0.2) is 146 Å². The quantitative estimate of drug-likeness (QED) is 0.181. The van der Waals surface area contributed by atoms with Gasteiger partial charge in [0, 0.05) is 0 Å². The molecule has 0 atom stereocenters. The first-order chi connectivity index (χ1) is 22.8. The van der Waals surface area contributed by atoms with E-state index in [0.717, 1.165) is 0 Å². The molecule has 10 rings (SSSR count). The van der Waals surface area contributed by atoms with Gasteiger partial charge in [-0.2, -0.15) is 0 Å². The first-order valence-electron chi connectivity index (χ1n) is 16.6. The number of fused-ring (bicyclic) bond motifs is 7. The molecule has 2 aliphatic carbocycles. The second-order valence-corrected chi connectivity index (χ2v) is 13.1. The molecule has 0 heteroatoms. The Morgan fingerprint density at radius 1 is 0.261 bits per heavy atom. The molecule has 0 saturated heterocycles. The van der Waals surface area contributed by atoms with Gasteiger partial charge in [-0.25, -0.2) is 0 Å². The molecule has 216 valence electrons. The molecule has 0 radical (unpaired) electrons. The van der Waals surface area contributed by atoms with Crippen molar-refractivity contribution in [3.05, 3.63) is 168 Å². The first-order valence-corrected chi connectivity index (χ1v) is 16.6. The molecule has 0 spiro atoms. The third-order valence-corrected chi connectivity index (χ3v) is 10.7. The van der Waals surface area contributed by atoms with Crippen molar-refractivity contribution in [1.29, 1.82) is 0 Å². The van der Waals surface area contributed by atoms with Crippen molar-refractivity contribution >= 4 is 32.3 Å². The molecule has 8 aromatic carbocycles. The Balaban J connectivity index is 1.13. The average Bonchev–Trinajstić information content (AvgIpc) is 3.08. The van der Waals surface area contributed by atoms with Gasteiger partial charge in [0.15, 0.2) is 0 Å². The van der Waals surface area contributed by atoms with E-state index in [1.54, 1.807) is 0 Å². The Bertz CT molecular complexity index is 2320. The van der Waals surface area contributed by atoms with Gasteiger partial charge in [0.05, 0.1) is 0 Å². The van der Waals surface area contributed by atoms with Gasteiger partial charge in [0.25, 0.3) is 0 Å². The highest BCUT2D eigenvalue weighted by Crippen LogP contribution is 2.43. The second kappa shape index (κ2) is 10.0. The van der Waals surface area contributed by atoms with Gasteiger partial charge in [-0.15, -0.1) is 0 Å². The normalized spacial score (nSPS) is 13.3. The predicted octanol–water partition coefficient (Wildman–Crippen LogP) is 12.0. The zero-order valence-corrected chi connectivity index (χ0v) is 25.7. The van der Waals surface area contributed by atoms with Crippen molar-refractivity contribution in [3.63, 3.8) is 0 Å². The highest BCUT2D eigenvalue weighted by Gasteiger charge is 2.19. The SMILES string of the molecule is c1cc2c(c(-c3ccc(-c4cc5c6ccccc6c(-c6ccc(-c7cccc8c7CC8)cc6)cc5c5ccccc45)cc3)c1)CC2. The van der Waals surface area contributed by atoms with Gasteiger partial charge >= 0.3 is 0 Å². The maximum Gasteiger partial charge on any atom is -0.00923 e. The molecule has 0 N–H and O–H groups in total. The van der Waals surface area contributed by atoms with Crippen LogP contribution in [0.3, 0.4) is 0 Å². The van der Waals surface area contributed by atoms with Crippen molar-refractivity contribution < 1.29 is 0 Å². The van der Waals surface area contributed by atoms with Gasteiger partial charge in [-0.3, -0.25) is 0 Å². The molecule has 0 nitrogen and oxygen atoms in total. The number of rotatable bonds is 4. The van der Waals surface area contributed by atoms with Gasteiger partial charge in [-0.05, 0) is 137 Å². The summed E-state index contributed by atoms with van der Waals surface area (Å²) in [6.45, 7) is 0. The second-order valence-electron chi connectivity index (χ2n) is 13.1. The highest BCUT2D eigenvalue weighted by molar-refractivity contribution is 6.23. The topological polar surface area (TPSA) is 0 Å². The van der Waals surface area contributed by atoms with E-state index in [1.165, 1.54) is 125 Å². The lowest BCUT2D eigenvalue weighted by atomic mass is 9.82. The summed E-state index contributed by atoms with van der Waals surface area (Å²) in [7, 11) is 0. The molecule has 0 amide bonds. The largest absolute Gasteiger partial charge is 0.0616 e. The van der Waals surface area contributed by atoms with Gasteiger partial charge < -0.3 is 0 Å². The van der Waals surface area contributed by atoms with Crippen LogP contribution in [0.2, 0.25) is 0 Å². The van der Waals surface area contributed by atoms with Crippen LogP contribution >= 0.6 is 0 Å². The molecule has 0 unspecified atom stereocenters. The fourth-order valence-electron chi connectivity index (χ4n) is 8.12. The van der Waals surface area contributed by atoms with Crippen LogP contribution in [-0.4, -0.2) is 0 Å². The Morgan fingerprint density at radius 3 is 1.00 bits per heavy atom. The predicted molar refractivity (Wildman–Crippen MR) is 196 cm³/mol. The van der Waals surface area contributed by atoms with Gasteiger partial charge in [0.2, 0.25) is 0 Å². The fraction of sp³-hybridized carbons (Fsp3) is 0.0870. The average molecular weight is 585 g/mol. The first kappa shape index (κ1) is 25.8. The van der Waals surface area contributed by atoms with Crippen molar-refractivity contribution in [2.45, 2.75) is 25.7 Å². The summed E-state index contributed by atoms with van der Waals surface area (Å²) in [5, 5.41) is 7.81. The summed E-state index contributed by atoms with van der Waals surface area (Å²) in [5.41, 5.74) is 16.6. The van der Waals surface area contributed by atoms with Crippen LogP contribution in [0.5, 0.6) is 0 Å². The van der Waals surface area contributed by atoms with Crippen LogP contribution in [0, 0.1) is 0 Å². The molecular weight excluding hydrogens is 553 g/mol. The van der Waals surface area contributed by atoms with E-state index >= 15 is 0 Å². The monoisotopic (exact) mass is 584 g/mol. The van der Waals surface area contributed by atoms with E-state index in [9.17, 15) is 0 Å². The van der Waals surface area contributed by atoms with Crippen molar-refractivity contribution in [2.24, 2.45) is 0 Å². The molecule has 0 bridgehead atoms. The number of hydrogen-bond acceptors (Lipinski definition) is 0. The zero-order valence-electron chi connectivity index (χ0n) is 25.7. The summed E-state index contributed by atoms with van der Waals surface area (Å²) in [6.07, 6.45) is 4.80. The van der Waals surface area contributed by atoms with Crippen LogP contribution in [-0.2, 0) is 25.7 Å². The van der Waals surface area contributed by atoms with Crippen LogP contribution in [0.1, 0.15) is 22.3 Å². The summed E-state index contributed by atoms with van der Waals surface area (Å²) >= 11 is 0. The minimum absolute atomic E-state index is 1.19. The Labute approximate surface area is 269 Å². The molecule has 0 saturated carbocycles. The highest BCUT2D eigenvalue weighted by atomic mass is 14.2. The third-order valence-electron chi connectivity index (χ3n) is 10.7. The number of hydrogen-bond donors (Lipinski definition) is 0. The van der Waals surface area contributed by atoms with Crippen LogP contribution in [0.25, 0.3) is 76.8 Å². The van der Waals surface area contributed by atoms with E-state index in [-0.39, 0.29) is 0 Å². The number of benzene rings is 8. The number of aryl methyl sites for hydroxylation is 2. The maximum atomic E-state index is 2.43. The molecule has 2 aliphatic rings. The molecule has 46 heavy (non-hydrogen) atoms. The lowest BCUT2D eigenvalue weighted by molar-refractivity contribution is 0.842. The van der Waals surface area contributed by atoms with E-state index in [4.69, 9.17) is 0 Å². The maximum absolute atomic E-state index is 2.43. The summed E-state index contributed by atoms with van der Waals surface area (Å²) in [4.78, 5) is 0. The summed E-state index contributed by atoms with van der Waals surface area (Å²) in [6, 6.07) is 54.8. The Hall–Kier alpha value is -5.46.